The van der Waals surface area contributed by atoms with Crippen LogP contribution in [-0.2, 0) is 4.74 Å². The van der Waals surface area contributed by atoms with Crippen molar-refractivity contribution in [2.24, 2.45) is 5.92 Å². The monoisotopic (exact) mass is 262 g/mol. The van der Waals surface area contributed by atoms with Crippen molar-refractivity contribution in [1.82, 2.24) is 0 Å². The van der Waals surface area contributed by atoms with Crippen LogP contribution in [-0.4, -0.2) is 20.3 Å². The first-order valence-electron chi connectivity index (χ1n) is 7.04. The summed E-state index contributed by atoms with van der Waals surface area (Å²) in [6, 6.07) is 9.95. The van der Waals surface area contributed by atoms with E-state index in [2.05, 4.69) is 19.9 Å². The van der Waals surface area contributed by atoms with Crippen molar-refractivity contribution < 1.29 is 9.47 Å². The van der Waals surface area contributed by atoms with Gasteiger partial charge in [0.25, 0.3) is 0 Å². The molecule has 0 aliphatic heterocycles. The molecule has 1 aromatic carbocycles. The zero-order valence-corrected chi connectivity index (χ0v) is 12.4. The highest BCUT2D eigenvalue weighted by Gasteiger charge is 2.00. The van der Waals surface area contributed by atoms with Gasteiger partial charge in [-0.15, -0.1) is 0 Å². The number of ether oxygens (including phenoxy) is 2. The molecule has 1 rings (SSSR count). The van der Waals surface area contributed by atoms with E-state index in [1.165, 1.54) is 12.0 Å². The van der Waals surface area contributed by atoms with Crippen LogP contribution in [0.4, 0.5) is 0 Å². The van der Waals surface area contributed by atoms with Gasteiger partial charge >= 0.3 is 0 Å². The summed E-state index contributed by atoms with van der Waals surface area (Å²) in [6.07, 6.45) is 5.76. The molecule has 1 unspecified atom stereocenters. The van der Waals surface area contributed by atoms with Gasteiger partial charge in [0, 0.05) is 13.7 Å². The predicted octanol–water partition coefficient (Wildman–Crippen LogP) is 4.46. The van der Waals surface area contributed by atoms with Crippen LogP contribution in [0.1, 0.15) is 33.1 Å². The van der Waals surface area contributed by atoms with E-state index in [1.54, 1.807) is 7.11 Å². The highest BCUT2D eigenvalue weighted by Crippen LogP contribution is 2.13. The lowest BCUT2D eigenvalue weighted by Crippen LogP contribution is -2.01. The zero-order valence-electron chi connectivity index (χ0n) is 12.4. The maximum Gasteiger partial charge on any atom is 0.119 e. The molecule has 1 atom stereocenters. The van der Waals surface area contributed by atoms with Crippen LogP contribution < -0.4 is 4.74 Å². The Kier molecular flexibility index (Phi) is 7.99. The minimum absolute atomic E-state index is 0.677. The lowest BCUT2D eigenvalue weighted by atomic mass is 10.0. The summed E-state index contributed by atoms with van der Waals surface area (Å²) in [4.78, 5) is 0. The van der Waals surface area contributed by atoms with Crippen molar-refractivity contribution in [3.63, 3.8) is 0 Å². The quantitative estimate of drug-likeness (QED) is 0.611. The minimum Gasteiger partial charge on any atom is -0.489 e. The molecule has 0 amide bonds. The molecule has 0 saturated heterocycles. The zero-order chi connectivity index (χ0) is 13.9. The molecule has 0 saturated carbocycles. The number of rotatable bonds is 9. The van der Waals surface area contributed by atoms with E-state index in [-0.39, 0.29) is 0 Å². The number of benzene rings is 1. The molecular formula is C17H26O2. The van der Waals surface area contributed by atoms with Crippen molar-refractivity contribution in [3.05, 3.63) is 42.0 Å². The van der Waals surface area contributed by atoms with Gasteiger partial charge < -0.3 is 9.47 Å². The Morgan fingerprint density at radius 1 is 1.21 bits per heavy atom. The molecule has 19 heavy (non-hydrogen) atoms. The van der Waals surface area contributed by atoms with Gasteiger partial charge in [0.05, 0.1) is 0 Å². The second kappa shape index (κ2) is 9.62. The van der Waals surface area contributed by atoms with Crippen molar-refractivity contribution in [3.8, 4) is 5.75 Å². The van der Waals surface area contributed by atoms with Crippen LogP contribution in [0, 0.1) is 5.92 Å². The molecule has 0 radical (unpaired) electrons. The number of hydrogen-bond donors (Lipinski definition) is 0. The fourth-order valence-electron chi connectivity index (χ4n) is 1.85. The molecule has 0 bridgehead atoms. The molecule has 0 spiro atoms. The Morgan fingerprint density at radius 3 is 2.63 bits per heavy atom. The van der Waals surface area contributed by atoms with Gasteiger partial charge in [-0.25, -0.2) is 0 Å². The van der Waals surface area contributed by atoms with E-state index in [1.807, 2.05) is 30.3 Å². The van der Waals surface area contributed by atoms with E-state index < -0.39 is 0 Å². The van der Waals surface area contributed by atoms with Crippen LogP contribution in [0.5, 0.6) is 5.75 Å². The molecular weight excluding hydrogens is 236 g/mol. The van der Waals surface area contributed by atoms with Gasteiger partial charge in [0.2, 0.25) is 0 Å². The Hall–Kier alpha value is -1.28. The SMILES string of the molecule is COCCC(C)CC/C=C(\C)COc1ccccc1. The first kappa shape index (κ1) is 15.8. The second-order valence-corrected chi connectivity index (χ2v) is 5.12. The molecule has 1 aromatic rings. The fraction of sp³-hybridized carbons (Fsp3) is 0.529. The molecule has 0 aromatic heterocycles. The minimum atomic E-state index is 0.677. The third-order valence-corrected chi connectivity index (χ3v) is 3.18. The highest BCUT2D eigenvalue weighted by molar-refractivity contribution is 5.21. The standard InChI is InChI=1S/C17H26O2/c1-15(12-13-18-3)8-7-9-16(2)14-19-17-10-5-4-6-11-17/h4-6,9-11,15H,7-8,12-14H2,1-3H3/b16-9+. The topological polar surface area (TPSA) is 18.5 Å². The van der Waals surface area contributed by atoms with E-state index >= 15 is 0 Å². The number of hydrogen-bond acceptors (Lipinski definition) is 2. The summed E-state index contributed by atoms with van der Waals surface area (Å²) in [5, 5.41) is 0. The average Bonchev–Trinajstić information content (AvgIpc) is 2.44. The van der Waals surface area contributed by atoms with Gasteiger partial charge in [0.1, 0.15) is 12.4 Å². The number of para-hydroxylation sites is 1. The fourth-order valence-corrected chi connectivity index (χ4v) is 1.85. The number of allylic oxidation sites excluding steroid dienone is 1. The van der Waals surface area contributed by atoms with E-state index in [9.17, 15) is 0 Å². The van der Waals surface area contributed by atoms with Gasteiger partial charge in [-0.2, -0.15) is 0 Å². The Balaban J connectivity index is 2.18. The Labute approximate surface area is 117 Å². The van der Waals surface area contributed by atoms with Crippen LogP contribution in [0.15, 0.2) is 42.0 Å². The third kappa shape index (κ3) is 7.68. The van der Waals surface area contributed by atoms with Crippen LogP contribution in [0.25, 0.3) is 0 Å². The van der Waals surface area contributed by atoms with Crippen LogP contribution in [0.3, 0.4) is 0 Å². The Bertz CT molecular complexity index is 357. The van der Waals surface area contributed by atoms with Gasteiger partial charge in [-0.3, -0.25) is 0 Å². The maximum atomic E-state index is 5.70. The predicted molar refractivity (Wildman–Crippen MR) is 80.6 cm³/mol. The summed E-state index contributed by atoms with van der Waals surface area (Å²) in [5.41, 5.74) is 1.29. The Morgan fingerprint density at radius 2 is 1.95 bits per heavy atom. The lowest BCUT2D eigenvalue weighted by molar-refractivity contribution is 0.178. The molecule has 2 nitrogen and oxygen atoms in total. The smallest absolute Gasteiger partial charge is 0.119 e. The first-order valence-corrected chi connectivity index (χ1v) is 7.04. The molecule has 106 valence electrons. The van der Waals surface area contributed by atoms with E-state index in [0.717, 1.165) is 31.1 Å². The molecule has 0 aliphatic carbocycles. The van der Waals surface area contributed by atoms with Crippen molar-refractivity contribution in [2.75, 3.05) is 20.3 Å². The molecule has 0 heterocycles. The van der Waals surface area contributed by atoms with Crippen LogP contribution >= 0.6 is 0 Å². The molecule has 2 heteroatoms. The first-order chi connectivity index (χ1) is 9.22. The maximum absolute atomic E-state index is 5.70. The normalized spacial score (nSPS) is 13.3. The third-order valence-electron chi connectivity index (χ3n) is 3.18. The molecule has 0 aliphatic rings. The van der Waals surface area contributed by atoms with Gasteiger partial charge in [-0.1, -0.05) is 31.2 Å². The summed E-state index contributed by atoms with van der Waals surface area (Å²) in [6.45, 7) is 5.95. The highest BCUT2D eigenvalue weighted by atomic mass is 16.5. The van der Waals surface area contributed by atoms with E-state index in [0.29, 0.717) is 6.61 Å². The molecule has 0 fully saturated rings. The largest absolute Gasteiger partial charge is 0.489 e. The van der Waals surface area contributed by atoms with Crippen molar-refractivity contribution >= 4 is 0 Å². The van der Waals surface area contributed by atoms with Crippen LogP contribution in [0.2, 0.25) is 0 Å². The average molecular weight is 262 g/mol. The van der Waals surface area contributed by atoms with Crippen molar-refractivity contribution in [2.45, 2.75) is 33.1 Å². The summed E-state index contributed by atoms with van der Waals surface area (Å²) < 4.78 is 10.8. The molecule has 0 N–H and O–H groups in total. The summed E-state index contributed by atoms with van der Waals surface area (Å²) >= 11 is 0. The van der Waals surface area contributed by atoms with E-state index in [4.69, 9.17) is 9.47 Å². The number of methoxy groups -OCH3 is 1. The lowest BCUT2D eigenvalue weighted by Gasteiger charge is -2.09. The van der Waals surface area contributed by atoms with Gasteiger partial charge in [0.15, 0.2) is 0 Å². The van der Waals surface area contributed by atoms with Gasteiger partial charge in [-0.05, 0) is 49.8 Å². The van der Waals surface area contributed by atoms with Crippen molar-refractivity contribution in [1.29, 1.82) is 0 Å². The summed E-state index contributed by atoms with van der Waals surface area (Å²) in [5.74, 6) is 1.66. The second-order valence-electron chi connectivity index (χ2n) is 5.12. The summed E-state index contributed by atoms with van der Waals surface area (Å²) in [7, 11) is 1.76.